The van der Waals surface area contributed by atoms with Crippen molar-refractivity contribution in [1.82, 2.24) is 10.3 Å². The lowest BCUT2D eigenvalue weighted by Crippen LogP contribution is -2.36. The number of aromatic nitrogens is 1. The number of sulfone groups is 1. The number of hydrogen-bond acceptors (Lipinski definition) is 5. The molecular weight excluding hydrogens is 242 g/mol. The van der Waals surface area contributed by atoms with E-state index < -0.39 is 9.84 Å². The highest BCUT2D eigenvalue weighted by Crippen LogP contribution is 2.13. The zero-order valence-corrected chi connectivity index (χ0v) is 9.90. The fourth-order valence-corrected chi connectivity index (χ4v) is 3.44. The fraction of sp³-hybridized carbons (Fsp3) is 0.400. The first kappa shape index (κ1) is 11.8. The summed E-state index contributed by atoms with van der Waals surface area (Å²) in [5.41, 5.74) is 6.24. The van der Waals surface area contributed by atoms with Crippen LogP contribution in [-0.4, -0.2) is 36.9 Å². The first-order chi connectivity index (χ1) is 7.98. The molecule has 1 amide bonds. The van der Waals surface area contributed by atoms with Gasteiger partial charge in [0, 0.05) is 24.1 Å². The molecule has 0 bridgehead atoms. The Labute approximate surface area is 99.1 Å². The lowest BCUT2D eigenvalue weighted by atomic mass is 10.2. The minimum atomic E-state index is -2.99. The average molecular weight is 255 g/mol. The maximum atomic E-state index is 11.8. The molecule has 0 spiro atoms. The number of anilines is 1. The molecule has 0 aliphatic carbocycles. The highest BCUT2D eigenvalue weighted by Gasteiger charge is 2.29. The van der Waals surface area contributed by atoms with Gasteiger partial charge in [-0.2, -0.15) is 0 Å². The van der Waals surface area contributed by atoms with Crippen LogP contribution < -0.4 is 11.1 Å². The van der Waals surface area contributed by atoms with Crippen molar-refractivity contribution in [2.75, 3.05) is 17.2 Å². The molecule has 0 radical (unpaired) electrons. The van der Waals surface area contributed by atoms with Crippen molar-refractivity contribution in [3.63, 3.8) is 0 Å². The SMILES string of the molecule is Nc1ccncc1C(=O)NC1CCS(=O)(=O)C1. The molecule has 1 fully saturated rings. The Kier molecular flexibility index (Phi) is 3.01. The second-order valence-electron chi connectivity index (χ2n) is 4.04. The quantitative estimate of drug-likeness (QED) is 0.747. The van der Waals surface area contributed by atoms with E-state index >= 15 is 0 Å². The maximum Gasteiger partial charge on any atom is 0.255 e. The van der Waals surface area contributed by atoms with E-state index in [0.29, 0.717) is 12.1 Å². The lowest BCUT2D eigenvalue weighted by molar-refractivity contribution is 0.0941. The molecule has 2 heterocycles. The molecule has 0 aromatic carbocycles. The maximum absolute atomic E-state index is 11.8. The van der Waals surface area contributed by atoms with Gasteiger partial charge in [0.15, 0.2) is 9.84 Å². The Morgan fingerprint density at radius 2 is 2.29 bits per heavy atom. The second kappa shape index (κ2) is 4.33. The Balaban J connectivity index is 2.06. The normalized spacial score (nSPS) is 22.2. The van der Waals surface area contributed by atoms with Crippen LogP contribution in [0.2, 0.25) is 0 Å². The molecular formula is C10H13N3O3S. The first-order valence-electron chi connectivity index (χ1n) is 5.19. The number of nitrogens with one attached hydrogen (secondary N) is 1. The van der Waals surface area contributed by atoms with Crippen LogP contribution >= 0.6 is 0 Å². The standard InChI is InChI=1S/C10H13N3O3S/c11-9-1-3-12-5-8(9)10(14)13-7-2-4-17(15,16)6-7/h1,3,5,7H,2,4,6H2,(H2,11,12)(H,13,14). The van der Waals surface area contributed by atoms with Crippen molar-refractivity contribution in [3.05, 3.63) is 24.0 Å². The number of nitrogen functional groups attached to an aromatic ring is 1. The number of carbonyl (C=O) groups is 1. The van der Waals surface area contributed by atoms with Crippen LogP contribution in [0.15, 0.2) is 18.5 Å². The van der Waals surface area contributed by atoms with Gasteiger partial charge in [0.2, 0.25) is 0 Å². The Hall–Kier alpha value is -1.63. The van der Waals surface area contributed by atoms with Gasteiger partial charge in [0.1, 0.15) is 0 Å². The van der Waals surface area contributed by atoms with E-state index in [1.165, 1.54) is 18.5 Å². The lowest BCUT2D eigenvalue weighted by Gasteiger charge is -2.11. The van der Waals surface area contributed by atoms with Crippen LogP contribution in [0.25, 0.3) is 0 Å². The zero-order chi connectivity index (χ0) is 12.5. The number of carbonyl (C=O) groups excluding carboxylic acids is 1. The summed E-state index contributed by atoms with van der Waals surface area (Å²) in [4.78, 5) is 15.6. The summed E-state index contributed by atoms with van der Waals surface area (Å²) in [6.45, 7) is 0. The molecule has 1 aliphatic rings. The molecule has 1 saturated heterocycles. The van der Waals surface area contributed by atoms with Crippen LogP contribution in [0.4, 0.5) is 5.69 Å². The summed E-state index contributed by atoms with van der Waals surface area (Å²) in [5.74, 6) is -0.253. The summed E-state index contributed by atoms with van der Waals surface area (Å²) in [6, 6.07) is 1.20. The third-order valence-electron chi connectivity index (χ3n) is 2.67. The summed E-state index contributed by atoms with van der Waals surface area (Å²) >= 11 is 0. The molecule has 17 heavy (non-hydrogen) atoms. The first-order valence-corrected chi connectivity index (χ1v) is 7.01. The molecule has 0 saturated carbocycles. The number of nitrogens with zero attached hydrogens (tertiary/aromatic N) is 1. The van der Waals surface area contributed by atoms with Crippen molar-refractivity contribution < 1.29 is 13.2 Å². The molecule has 1 aromatic heterocycles. The van der Waals surface area contributed by atoms with Crippen LogP contribution in [0.1, 0.15) is 16.8 Å². The van der Waals surface area contributed by atoms with Crippen molar-refractivity contribution in [2.24, 2.45) is 0 Å². The molecule has 1 aromatic rings. The minimum absolute atomic E-state index is 0.00108. The highest BCUT2D eigenvalue weighted by molar-refractivity contribution is 7.91. The third kappa shape index (κ3) is 2.73. The molecule has 2 rings (SSSR count). The molecule has 92 valence electrons. The van der Waals surface area contributed by atoms with Crippen molar-refractivity contribution >= 4 is 21.4 Å². The van der Waals surface area contributed by atoms with Gasteiger partial charge in [-0.05, 0) is 12.5 Å². The molecule has 1 atom stereocenters. The van der Waals surface area contributed by atoms with Crippen LogP contribution in [0, 0.1) is 0 Å². The molecule has 1 aliphatic heterocycles. The Morgan fingerprint density at radius 3 is 2.88 bits per heavy atom. The summed E-state index contributed by atoms with van der Waals surface area (Å²) in [7, 11) is -2.99. The number of amides is 1. The number of hydrogen-bond donors (Lipinski definition) is 2. The fourth-order valence-electron chi connectivity index (χ4n) is 1.77. The molecule has 7 heteroatoms. The summed E-state index contributed by atoms with van der Waals surface area (Å²) in [6.07, 6.45) is 3.31. The third-order valence-corrected chi connectivity index (χ3v) is 4.44. The minimum Gasteiger partial charge on any atom is -0.398 e. The van der Waals surface area contributed by atoms with Crippen molar-refractivity contribution in [1.29, 1.82) is 0 Å². The van der Waals surface area contributed by atoms with Gasteiger partial charge in [0.05, 0.1) is 17.1 Å². The van der Waals surface area contributed by atoms with Gasteiger partial charge in [-0.1, -0.05) is 0 Å². The number of nitrogens with two attached hydrogens (primary N) is 1. The monoisotopic (exact) mass is 255 g/mol. The van der Waals surface area contributed by atoms with Crippen molar-refractivity contribution in [3.8, 4) is 0 Å². The molecule has 1 unspecified atom stereocenters. The van der Waals surface area contributed by atoms with Gasteiger partial charge in [0.25, 0.3) is 5.91 Å². The second-order valence-corrected chi connectivity index (χ2v) is 6.27. The predicted octanol–water partition coefficient (Wildman–Crippen LogP) is -0.419. The molecule has 3 N–H and O–H groups in total. The summed E-state index contributed by atoms with van der Waals surface area (Å²) in [5, 5.41) is 2.65. The smallest absolute Gasteiger partial charge is 0.255 e. The van der Waals surface area contributed by atoms with Gasteiger partial charge in [-0.15, -0.1) is 0 Å². The Morgan fingerprint density at radius 1 is 1.53 bits per heavy atom. The van der Waals surface area contributed by atoms with E-state index in [2.05, 4.69) is 10.3 Å². The van der Waals surface area contributed by atoms with Gasteiger partial charge in [-0.25, -0.2) is 8.42 Å². The predicted molar refractivity (Wildman–Crippen MR) is 63.2 cm³/mol. The van der Waals surface area contributed by atoms with Crippen LogP contribution in [0.5, 0.6) is 0 Å². The number of rotatable bonds is 2. The summed E-state index contributed by atoms with van der Waals surface area (Å²) < 4.78 is 22.5. The van der Waals surface area contributed by atoms with E-state index in [4.69, 9.17) is 5.73 Å². The number of pyridine rings is 1. The van der Waals surface area contributed by atoms with Gasteiger partial charge < -0.3 is 11.1 Å². The average Bonchev–Trinajstić information content (AvgIpc) is 2.58. The van der Waals surface area contributed by atoms with E-state index in [-0.39, 0.29) is 29.0 Å². The topological polar surface area (TPSA) is 102 Å². The zero-order valence-electron chi connectivity index (χ0n) is 9.09. The van der Waals surface area contributed by atoms with E-state index in [1.807, 2.05) is 0 Å². The Bertz CT molecular complexity index is 541. The van der Waals surface area contributed by atoms with E-state index in [0.717, 1.165) is 0 Å². The van der Waals surface area contributed by atoms with Gasteiger partial charge in [-0.3, -0.25) is 9.78 Å². The van der Waals surface area contributed by atoms with E-state index in [1.54, 1.807) is 0 Å². The highest BCUT2D eigenvalue weighted by atomic mass is 32.2. The van der Waals surface area contributed by atoms with Gasteiger partial charge >= 0.3 is 0 Å². The largest absolute Gasteiger partial charge is 0.398 e. The van der Waals surface area contributed by atoms with Crippen molar-refractivity contribution in [2.45, 2.75) is 12.5 Å². The van der Waals surface area contributed by atoms with E-state index in [9.17, 15) is 13.2 Å². The molecule has 6 nitrogen and oxygen atoms in total. The van der Waals surface area contributed by atoms with Crippen LogP contribution in [0.3, 0.4) is 0 Å². The van der Waals surface area contributed by atoms with Crippen LogP contribution in [-0.2, 0) is 9.84 Å².